The normalized spacial score (nSPS) is 10.2. The van der Waals surface area contributed by atoms with E-state index in [1.54, 1.807) is 0 Å². The van der Waals surface area contributed by atoms with Crippen molar-refractivity contribution in [1.82, 2.24) is 0 Å². The number of carboxylic acid groups (broad SMARTS) is 1. The van der Waals surface area contributed by atoms with Crippen LogP contribution in [0.2, 0.25) is 5.02 Å². The zero-order chi connectivity index (χ0) is 13.8. The van der Waals surface area contributed by atoms with Gasteiger partial charge in [0.2, 0.25) is 0 Å². The molecule has 2 aromatic carbocycles. The molecule has 0 saturated carbocycles. The van der Waals surface area contributed by atoms with Crippen LogP contribution >= 0.6 is 11.6 Å². The lowest BCUT2D eigenvalue weighted by atomic mass is 10.2. The van der Waals surface area contributed by atoms with Crippen molar-refractivity contribution in [3.8, 4) is 5.75 Å². The molecule has 0 heterocycles. The molecule has 0 unspecified atom stereocenters. The van der Waals surface area contributed by atoms with Gasteiger partial charge < -0.3 is 9.84 Å². The van der Waals surface area contributed by atoms with E-state index in [-0.39, 0.29) is 22.9 Å². The fraction of sp³-hybridized carbons (Fsp3) is 0.0714. The first-order valence-electron chi connectivity index (χ1n) is 5.47. The topological polar surface area (TPSA) is 46.5 Å². The first kappa shape index (κ1) is 13.4. The maximum Gasteiger partial charge on any atom is 0.337 e. The summed E-state index contributed by atoms with van der Waals surface area (Å²) in [6.07, 6.45) is 0. The number of aromatic carboxylic acids is 1. The minimum absolute atomic E-state index is 0.134. The predicted molar refractivity (Wildman–Crippen MR) is 69.1 cm³/mol. The monoisotopic (exact) mass is 280 g/mol. The van der Waals surface area contributed by atoms with E-state index in [1.165, 1.54) is 0 Å². The Balaban J connectivity index is 2.21. The highest BCUT2D eigenvalue weighted by Gasteiger charge is 2.14. The van der Waals surface area contributed by atoms with Crippen LogP contribution in [0.5, 0.6) is 5.75 Å². The summed E-state index contributed by atoms with van der Waals surface area (Å²) in [4.78, 5) is 10.9. The molecular formula is C14H10ClFO3. The zero-order valence-electron chi connectivity index (χ0n) is 9.77. The van der Waals surface area contributed by atoms with Gasteiger partial charge in [-0.25, -0.2) is 9.18 Å². The van der Waals surface area contributed by atoms with E-state index in [0.29, 0.717) is 0 Å². The molecule has 0 aliphatic rings. The lowest BCUT2D eigenvalue weighted by molar-refractivity contribution is 0.0696. The molecule has 0 amide bonds. The molecule has 3 nitrogen and oxygen atoms in total. The Morgan fingerprint density at radius 1 is 1.26 bits per heavy atom. The Morgan fingerprint density at radius 2 is 1.95 bits per heavy atom. The van der Waals surface area contributed by atoms with Crippen molar-refractivity contribution in [1.29, 1.82) is 0 Å². The molecule has 2 aromatic rings. The molecule has 0 aliphatic heterocycles. The van der Waals surface area contributed by atoms with E-state index in [1.807, 2.05) is 30.3 Å². The Labute approximate surface area is 114 Å². The third-order valence-corrected chi connectivity index (χ3v) is 2.80. The Morgan fingerprint density at radius 3 is 2.58 bits per heavy atom. The number of hydrogen-bond donors (Lipinski definition) is 1. The summed E-state index contributed by atoms with van der Waals surface area (Å²) >= 11 is 5.64. The second-order valence-corrected chi connectivity index (χ2v) is 4.25. The first-order chi connectivity index (χ1) is 9.08. The van der Waals surface area contributed by atoms with Gasteiger partial charge in [0.15, 0.2) is 11.6 Å². The number of ether oxygens (including phenoxy) is 1. The Kier molecular flexibility index (Phi) is 4.02. The number of carboxylic acids is 1. The molecular weight excluding hydrogens is 271 g/mol. The molecule has 0 fully saturated rings. The predicted octanol–water partition coefficient (Wildman–Crippen LogP) is 3.76. The summed E-state index contributed by atoms with van der Waals surface area (Å²) in [5, 5.41) is 8.75. The maximum atomic E-state index is 13.6. The van der Waals surface area contributed by atoms with E-state index >= 15 is 0 Å². The molecule has 2 rings (SSSR count). The van der Waals surface area contributed by atoms with Crippen LogP contribution in [-0.4, -0.2) is 11.1 Å². The molecule has 0 aliphatic carbocycles. The molecule has 0 radical (unpaired) electrons. The van der Waals surface area contributed by atoms with Gasteiger partial charge in [-0.2, -0.15) is 0 Å². The van der Waals surface area contributed by atoms with Gasteiger partial charge in [0, 0.05) is 0 Å². The molecule has 19 heavy (non-hydrogen) atoms. The van der Waals surface area contributed by atoms with Crippen molar-refractivity contribution in [2.24, 2.45) is 0 Å². The van der Waals surface area contributed by atoms with E-state index in [0.717, 1.165) is 17.7 Å². The smallest absolute Gasteiger partial charge is 0.337 e. The molecule has 0 spiro atoms. The van der Waals surface area contributed by atoms with Crippen molar-refractivity contribution in [3.63, 3.8) is 0 Å². The van der Waals surface area contributed by atoms with E-state index in [9.17, 15) is 9.18 Å². The maximum absolute atomic E-state index is 13.6. The fourth-order valence-electron chi connectivity index (χ4n) is 1.54. The summed E-state index contributed by atoms with van der Waals surface area (Å²) in [7, 11) is 0. The third-order valence-electron chi connectivity index (χ3n) is 2.49. The number of rotatable bonds is 4. The van der Waals surface area contributed by atoms with Crippen molar-refractivity contribution < 1.29 is 19.0 Å². The van der Waals surface area contributed by atoms with Gasteiger partial charge in [-0.05, 0) is 17.7 Å². The second kappa shape index (κ2) is 5.71. The number of halogens is 2. The average Bonchev–Trinajstić information content (AvgIpc) is 2.38. The second-order valence-electron chi connectivity index (χ2n) is 3.84. The van der Waals surface area contributed by atoms with Crippen LogP contribution in [-0.2, 0) is 6.61 Å². The van der Waals surface area contributed by atoms with Crippen molar-refractivity contribution in [3.05, 3.63) is 64.4 Å². The molecule has 0 saturated heterocycles. The Bertz CT molecular complexity index is 599. The lowest BCUT2D eigenvalue weighted by Gasteiger charge is -2.09. The van der Waals surface area contributed by atoms with Crippen molar-refractivity contribution in [2.45, 2.75) is 6.61 Å². The third kappa shape index (κ3) is 3.23. The van der Waals surface area contributed by atoms with Crippen molar-refractivity contribution in [2.75, 3.05) is 0 Å². The minimum atomic E-state index is -1.23. The van der Waals surface area contributed by atoms with Crippen LogP contribution < -0.4 is 4.74 Å². The van der Waals surface area contributed by atoms with Crippen LogP contribution in [0.4, 0.5) is 4.39 Å². The van der Waals surface area contributed by atoms with Gasteiger partial charge >= 0.3 is 5.97 Å². The highest BCUT2D eigenvalue weighted by atomic mass is 35.5. The van der Waals surface area contributed by atoms with Crippen molar-refractivity contribution >= 4 is 17.6 Å². The standard InChI is InChI=1S/C14H10ClFO3/c15-11-7-12(16)13(6-10(11)14(17)18)19-8-9-4-2-1-3-5-9/h1-7H,8H2,(H,17,18). The number of benzene rings is 2. The number of carbonyl (C=O) groups is 1. The molecule has 0 atom stereocenters. The molecule has 0 bridgehead atoms. The van der Waals surface area contributed by atoms with Crippen LogP contribution in [0.25, 0.3) is 0 Å². The lowest BCUT2D eigenvalue weighted by Crippen LogP contribution is -2.02. The van der Waals surface area contributed by atoms with Crippen LogP contribution in [0.3, 0.4) is 0 Å². The zero-order valence-corrected chi connectivity index (χ0v) is 10.5. The van der Waals surface area contributed by atoms with Gasteiger partial charge in [0.25, 0.3) is 0 Å². The van der Waals surface area contributed by atoms with Gasteiger partial charge in [-0.15, -0.1) is 0 Å². The largest absolute Gasteiger partial charge is 0.486 e. The molecule has 5 heteroatoms. The summed E-state index contributed by atoms with van der Waals surface area (Å²) in [5.41, 5.74) is 0.667. The summed E-state index contributed by atoms with van der Waals surface area (Å²) in [6, 6.07) is 11.2. The van der Waals surface area contributed by atoms with Gasteiger partial charge in [-0.1, -0.05) is 41.9 Å². The first-order valence-corrected chi connectivity index (χ1v) is 5.85. The van der Waals surface area contributed by atoms with Gasteiger partial charge in [-0.3, -0.25) is 0 Å². The van der Waals surface area contributed by atoms with E-state index in [4.69, 9.17) is 21.4 Å². The van der Waals surface area contributed by atoms with Crippen LogP contribution in [0.15, 0.2) is 42.5 Å². The highest BCUT2D eigenvalue weighted by molar-refractivity contribution is 6.33. The SMILES string of the molecule is O=C(O)c1cc(OCc2ccccc2)c(F)cc1Cl. The van der Waals surface area contributed by atoms with Crippen LogP contribution in [0, 0.1) is 5.82 Å². The average molecular weight is 281 g/mol. The molecule has 1 N–H and O–H groups in total. The molecule has 98 valence electrons. The van der Waals surface area contributed by atoms with Gasteiger partial charge in [0.05, 0.1) is 10.6 Å². The Hall–Kier alpha value is -2.07. The van der Waals surface area contributed by atoms with Gasteiger partial charge in [0.1, 0.15) is 6.61 Å². The quantitative estimate of drug-likeness (QED) is 0.927. The van der Waals surface area contributed by atoms with E-state index < -0.39 is 11.8 Å². The van der Waals surface area contributed by atoms with E-state index in [2.05, 4.69) is 0 Å². The highest BCUT2D eigenvalue weighted by Crippen LogP contribution is 2.26. The summed E-state index contributed by atoms with van der Waals surface area (Å²) in [5.74, 6) is -2.05. The summed E-state index contributed by atoms with van der Waals surface area (Å²) < 4.78 is 18.9. The fourth-order valence-corrected chi connectivity index (χ4v) is 1.77. The van der Waals surface area contributed by atoms with Crippen LogP contribution in [0.1, 0.15) is 15.9 Å². The summed E-state index contributed by atoms with van der Waals surface area (Å²) in [6.45, 7) is 0.151. The molecule has 0 aromatic heterocycles. The minimum Gasteiger partial charge on any atom is -0.486 e. The number of hydrogen-bond acceptors (Lipinski definition) is 2.